The monoisotopic (exact) mass is 270 g/mol. The zero-order valence-electron chi connectivity index (χ0n) is 11.6. The van der Waals surface area contributed by atoms with Gasteiger partial charge in [-0.15, -0.1) is 11.3 Å². The van der Waals surface area contributed by atoms with Crippen molar-refractivity contribution >= 4 is 22.4 Å². The first-order chi connectivity index (χ1) is 8.52. The molecule has 0 unspecified atom stereocenters. The van der Waals surface area contributed by atoms with Gasteiger partial charge in [0.25, 0.3) is 0 Å². The molecule has 4 nitrogen and oxygen atoms in total. The number of anilines is 1. The molecule has 0 aliphatic heterocycles. The number of nitrogens with zero attached hydrogens (tertiary/aromatic N) is 2. The zero-order chi connectivity index (χ0) is 13.5. The van der Waals surface area contributed by atoms with E-state index in [9.17, 15) is 4.79 Å². The van der Waals surface area contributed by atoms with Crippen LogP contribution in [0, 0.1) is 5.92 Å². The number of hydrogen-bond acceptors (Lipinski definition) is 5. The van der Waals surface area contributed by atoms with Gasteiger partial charge in [-0.1, -0.05) is 13.8 Å². The van der Waals surface area contributed by atoms with E-state index in [1.807, 2.05) is 19.4 Å². The number of aromatic nitrogens is 1. The van der Waals surface area contributed by atoms with Crippen LogP contribution in [0.1, 0.15) is 32.9 Å². The van der Waals surface area contributed by atoms with Crippen LogP contribution >= 0.6 is 11.3 Å². The van der Waals surface area contributed by atoms with E-state index in [-0.39, 0.29) is 5.97 Å². The van der Waals surface area contributed by atoms with Crippen molar-refractivity contribution in [1.29, 1.82) is 0 Å². The second-order valence-electron chi connectivity index (χ2n) is 4.70. The maximum absolute atomic E-state index is 11.2. The minimum atomic E-state index is -0.150. The molecule has 1 aromatic rings. The molecule has 0 aliphatic rings. The van der Waals surface area contributed by atoms with Crippen molar-refractivity contribution in [2.24, 2.45) is 5.92 Å². The molecule has 0 radical (unpaired) electrons. The summed E-state index contributed by atoms with van der Waals surface area (Å²) in [7, 11) is 2.05. The summed E-state index contributed by atoms with van der Waals surface area (Å²) in [5.41, 5.74) is 0.971. The van der Waals surface area contributed by atoms with Gasteiger partial charge in [0.15, 0.2) is 5.13 Å². The van der Waals surface area contributed by atoms with Crippen molar-refractivity contribution < 1.29 is 9.53 Å². The Labute approximate surface area is 113 Å². The molecule has 1 rings (SSSR count). The van der Waals surface area contributed by atoms with E-state index in [1.54, 1.807) is 11.3 Å². The third kappa shape index (κ3) is 5.04. The zero-order valence-corrected chi connectivity index (χ0v) is 12.4. The summed E-state index contributed by atoms with van der Waals surface area (Å²) in [6.45, 7) is 7.63. The molecule has 0 saturated heterocycles. The SMILES string of the molecule is CCOC(=O)CCc1csc(N(C)CC(C)C)n1. The first-order valence-corrected chi connectivity index (χ1v) is 7.22. The molecule has 1 aromatic heterocycles. The number of ether oxygens (including phenoxy) is 1. The summed E-state index contributed by atoms with van der Waals surface area (Å²) in [5.74, 6) is 0.462. The fourth-order valence-corrected chi connectivity index (χ4v) is 2.51. The van der Waals surface area contributed by atoms with Gasteiger partial charge in [-0.05, 0) is 12.8 Å². The van der Waals surface area contributed by atoms with Crippen molar-refractivity contribution in [2.45, 2.75) is 33.6 Å². The first kappa shape index (κ1) is 15.0. The van der Waals surface area contributed by atoms with Crippen LogP contribution in [0.3, 0.4) is 0 Å². The molecule has 0 atom stereocenters. The Morgan fingerprint density at radius 3 is 2.89 bits per heavy atom. The molecule has 0 spiro atoms. The molecule has 0 amide bonds. The summed E-state index contributed by atoms with van der Waals surface area (Å²) < 4.78 is 4.90. The molecule has 0 fully saturated rings. The molecule has 0 N–H and O–H groups in total. The number of aryl methyl sites for hydroxylation is 1. The number of hydrogen-bond donors (Lipinski definition) is 0. The van der Waals surface area contributed by atoms with E-state index in [2.05, 4.69) is 23.7 Å². The fourth-order valence-electron chi connectivity index (χ4n) is 1.68. The molecule has 5 heteroatoms. The number of thiazole rings is 1. The molecule has 18 heavy (non-hydrogen) atoms. The Morgan fingerprint density at radius 1 is 1.56 bits per heavy atom. The fraction of sp³-hybridized carbons (Fsp3) is 0.692. The van der Waals surface area contributed by atoms with Crippen LogP contribution in [0.2, 0.25) is 0 Å². The lowest BCUT2D eigenvalue weighted by Gasteiger charge is -2.17. The van der Waals surface area contributed by atoms with Crippen molar-refractivity contribution in [3.8, 4) is 0 Å². The average Bonchev–Trinajstić information content (AvgIpc) is 2.74. The Kier molecular flexibility index (Phi) is 6.12. The van der Waals surface area contributed by atoms with Gasteiger partial charge < -0.3 is 9.64 Å². The van der Waals surface area contributed by atoms with Crippen LogP contribution in [0.25, 0.3) is 0 Å². The highest BCUT2D eigenvalue weighted by Gasteiger charge is 2.10. The lowest BCUT2D eigenvalue weighted by molar-refractivity contribution is -0.143. The van der Waals surface area contributed by atoms with Gasteiger partial charge in [0.05, 0.1) is 18.7 Å². The molecule has 0 aliphatic carbocycles. The number of rotatable bonds is 7. The summed E-state index contributed by atoms with van der Waals surface area (Å²) in [5, 5.41) is 3.04. The van der Waals surface area contributed by atoms with Crippen molar-refractivity contribution in [3.05, 3.63) is 11.1 Å². The highest BCUT2D eigenvalue weighted by Crippen LogP contribution is 2.21. The normalized spacial score (nSPS) is 10.7. The second kappa shape index (κ2) is 7.36. The van der Waals surface area contributed by atoms with E-state index in [0.717, 1.165) is 17.4 Å². The predicted octanol–water partition coefficient (Wildman–Crippen LogP) is 2.73. The quantitative estimate of drug-likeness (QED) is 0.714. The van der Waals surface area contributed by atoms with Gasteiger partial charge >= 0.3 is 5.97 Å². The summed E-state index contributed by atoms with van der Waals surface area (Å²) in [6.07, 6.45) is 1.07. The molecule has 0 aromatic carbocycles. The maximum Gasteiger partial charge on any atom is 0.306 e. The predicted molar refractivity (Wildman–Crippen MR) is 75.2 cm³/mol. The van der Waals surface area contributed by atoms with Gasteiger partial charge in [-0.3, -0.25) is 4.79 Å². The topological polar surface area (TPSA) is 42.4 Å². The van der Waals surface area contributed by atoms with Crippen LogP contribution in [0.5, 0.6) is 0 Å². The second-order valence-corrected chi connectivity index (χ2v) is 5.54. The van der Waals surface area contributed by atoms with Gasteiger partial charge in [-0.2, -0.15) is 0 Å². The van der Waals surface area contributed by atoms with Gasteiger partial charge in [0.2, 0.25) is 0 Å². The lowest BCUT2D eigenvalue weighted by Crippen LogP contribution is -2.22. The minimum Gasteiger partial charge on any atom is -0.466 e. The highest BCUT2D eigenvalue weighted by atomic mass is 32.1. The number of esters is 1. The summed E-state index contributed by atoms with van der Waals surface area (Å²) in [4.78, 5) is 17.9. The van der Waals surface area contributed by atoms with E-state index >= 15 is 0 Å². The molecular formula is C13H22N2O2S. The third-order valence-electron chi connectivity index (χ3n) is 2.40. The van der Waals surface area contributed by atoms with Gasteiger partial charge in [0, 0.05) is 25.4 Å². The molecule has 0 bridgehead atoms. The number of carbonyl (C=O) groups excluding carboxylic acids is 1. The maximum atomic E-state index is 11.2. The molecule has 102 valence electrons. The van der Waals surface area contributed by atoms with E-state index in [0.29, 0.717) is 25.4 Å². The van der Waals surface area contributed by atoms with E-state index in [4.69, 9.17) is 4.74 Å². The van der Waals surface area contributed by atoms with Crippen molar-refractivity contribution in [2.75, 3.05) is 25.1 Å². The first-order valence-electron chi connectivity index (χ1n) is 6.34. The lowest BCUT2D eigenvalue weighted by atomic mass is 10.2. The van der Waals surface area contributed by atoms with E-state index < -0.39 is 0 Å². The Balaban J connectivity index is 2.45. The molecule has 0 saturated carbocycles. The Morgan fingerprint density at radius 2 is 2.28 bits per heavy atom. The summed E-state index contributed by atoms with van der Waals surface area (Å²) >= 11 is 1.63. The van der Waals surface area contributed by atoms with Crippen LogP contribution < -0.4 is 4.90 Å². The van der Waals surface area contributed by atoms with Crippen molar-refractivity contribution in [1.82, 2.24) is 4.98 Å². The Hall–Kier alpha value is -1.10. The van der Waals surface area contributed by atoms with E-state index in [1.165, 1.54) is 0 Å². The minimum absolute atomic E-state index is 0.150. The van der Waals surface area contributed by atoms with Crippen LogP contribution in [0.4, 0.5) is 5.13 Å². The largest absolute Gasteiger partial charge is 0.466 e. The summed E-state index contributed by atoms with van der Waals surface area (Å²) in [6, 6.07) is 0. The van der Waals surface area contributed by atoms with Crippen LogP contribution in [0.15, 0.2) is 5.38 Å². The Bertz CT molecular complexity index is 377. The van der Waals surface area contributed by atoms with Crippen LogP contribution in [-0.2, 0) is 16.0 Å². The highest BCUT2D eigenvalue weighted by molar-refractivity contribution is 7.13. The third-order valence-corrected chi connectivity index (χ3v) is 3.40. The van der Waals surface area contributed by atoms with Gasteiger partial charge in [-0.25, -0.2) is 4.98 Å². The molecule has 1 heterocycles. The molecular weight excluding hydrogens is 248 g/mol. The average molecular weight is 270 g/mol. The smallest absolute Gasteiger partial charge is 0.306 e. The van der Waals surface area contributed by atoms with Gasteiger partial charge in [0.1, 0.15) is 0 Å². The standard InChI is InChI=1S/C13H22N2O2S/c1-5-17-12(16)7-6-11-9-18-13(14-11)15(4)8-10(2)3/h9-10H,5-8H2,1-4H3. The van der Waals surface area contributed by atoms with Crippen molar-refractivity contribution in [3.63, 3.8) is 0 Å². The van der Waals surface area contributed by atoms with Crippen LogP contribution in [-0.4, -0.2) is 31.2 Å². The number of carbonyl (C=O) groups is 1.